The molecular formula is C26H23N3O3S. The Balaban J connectivity index is 1.39. The first-order chi connectivity index (χ1) is 15.9. The summed E-state index contributed by atoms with van der Waals surface area (Å²) in [7, 11) is 0. The zero-order chi connectivity index (χ0) is 23.4. The molecule has 1 heterocycles. The van der Waals surface area contributed by atoms with Crippen LogP contribution >= 0.6 is 11.8 Å². The summed E-state index contributed by atoms with van der Waals surface area (Å²) in [5.41, 5.74) is 3.81. The summed E-state index contributed by atoms with van der Waals surface area (Å²) in [6.07, 6.45) is 1.61. The summed E-state index contributed by atoms with van der Waals surface area (Å²) in [6.45, 7) is 3.64. The number of carbonyl (C=O) groups is 3. The van der Waals surface area contributed by atoms with Crippen LogP contribution in [0.1, 0.15) is 16.7 Å². The van der Waals surface area contributed by atoms with Gasteiger partial charge in [0.1, 0.15) is 12.2 Å². The van der Waals surface area contributed by atoms with E-state index >= 15 is 0 Å². The maximum Gasteiger partial charge on any atom is 0.329 e. The maximum atomic E-state index is 12.7. The summed E-state index contributed by atoms with van der Waals surface area (Å²) in [6, 6.07) is 22.7. The van der Waals surface area contributed by atoms with Gasteiger partial charge in [-0.25, -0.2) is 9.69 Å². The van der Waals surface area contributed by atoms with Crippen molar-refractivity contribution in [1.29, 1.82) is 0 Å². The van der Waals surface area contributed by atoms with Crippen LogP contribution in [0.2, 0.25) is 0 Å². The summed E-state index contributed by atoms with van der Waals surface area (Å²) in [5, 5.41) is 5.25. The summed E-state index contributed by atoms with van der Waals surface area (Å²) < 4.78 is 0. The Morgan fingerprint density at radius 3 is 2.03 bits per heavy atom. The number of urea groups is 1. The van der Waals surface area contributed by atoms with Crippen molar-refractivity contribution in [2.24, 2.45) is 0 Å². The Morgan fingerprint density at radius 2 is 1.42 bits per heavy atom. The number of hydrogen-bond donors (Lipinski definition) is 2. The monoisotopic (exact) mass is 457 g/mol. The molecule has 0 bridgehead atoms. The van der Waals surface area contributed by atoms with Gasteiger partial charge in [-0.1, -0.05) is 59.3 Å². The fraction of sp³-hybridized carbons (Fsp3) is 0.115. The molecule has 3 aromatic carbocycles. The first kappa shape index (κ1) is 22.4. The molecule has 0 unspecified atom stereocenters. The average molecular weight is 458 g/mol. The molecule has 1 saturated heterocycles. The van der Waals surface area contributed by atoms with Crippen molar-refractivity contribution < 1.29 is 14.4 Å². The molecule has 0 atom stereocenters. The van der Waals surface area contributed by atoms with Crippen molar-refractivity contribution in [3.63, 3.8) is 0 Å². The van der Waals surface area contributed by atoms with Crippen LogP contribution in [0.4, 0.5) is 10.5 Å². The van der Waals surface area contributed by atoms with E-state index in [0.29, 0.717) is 5.69 Å². The quantitative estimate of drug-likeness (QED) is 0.404. The molecule has 1 fully saturated rings. The van der Waals surface area contributed by atoms with Crippen molar-refractivity contribution in [3.8, 4) is 0 Å². The van der Waals surface area contributed by atoms with E-state index in [1.165, 1.54) is 5.56 Å². The highest BCUT2D eigenvalue weighted by molar-refractivity contribution is 7.99. The molecule has 3 aromatic rings. The molecule has 0 radical (unpaired) electrons. The second-order valence-corrected chi connectivity index (χ2v) is 8.92. The molecule has 7 heteroatoms. The second-order valence-electron chi connectivity index (χ2n) is 7.78. The van der Waals surface area contributed by atoms with Gasteiger partial charge in [0.25, 0.3) is 5.91 Å². The standard InChI is InChI=1S/C26H23N3O3S/c1-17-3-9-20(10-4-17)27-24(30)16-29-25(31)23(28-26(29)32)15-19-7-13-22(14-8-19)33-21-11-5-18(2)6-12-21/h3-15H,16H2,1-2H3,(H,27,30)(H,28,32)/b23-15-. The average Bonchev–Trinajstić information content (AvgIpc) is 3.05. The van der Waals surface area contributed by atoms with Gasteiger partial charge < -0.3 is 10.6 Å². The van der Waals surface area contributed by atoms with Gasteiger partial charge in [0.15, 0.2) is 0 Å². The van der Waals surface area contributed by atoms with Gasteiger partial charge >= 0.3 is 6.03 Å². The molecule has 4 amide bonds. The molecule has 1 aliphatic rings. The normalized spacial score (nSPS) is 14.5. The molecule has 1 aliphatic heterocycles. The summed E-state index contributed by atoms with van der Waals surface area (Å²) in [4.78, 5) is 40.4. The SMILES string of the molecule is Cc1ccc(NC(=O)CN2C(=O)N/C(=C\c3ccc(Sc4ccc(C)cc4)cc3)C2=O)cc1. The lowest BCUT2D eigenvalue weighted by Gasteiger charge is -2.12. The van der Waals surface area contributed by atoms with E-state index in [4.69, 9.17) is 0 Å². The number of benzene rings is 3. The Labute approximate surface area is 196 Å². The van der Waals surface area contributed by atoms with Crippen molar-refractivity contribution in [1.82, 2.24) is 10.2 Å². The molecular weight excluding hydrogens is 434 g/mol. The van der Waals surface area contributed by atoms with E-state index in [1.807, 2.05) is 43.3 Å². The van der Waals surface area contributed by atoms with E-state index in [0.717, 1.165) is 25.8 Å². The Kier molecular flexibility index (Phi) is 6.60. The van der Waals surface area contributed by atoms with Gasteiger partial charge in [0.05, 0.1) is 0 Å². The third-order valence-electron chi connectivity index (χ3n) is 5.05. The number of hydrogen-bond acceptors (Lipinski definition) is 4. The summed E-state index contributed by atoms with van der Waals surface area (Å²) in [5.74, 6) is -0.974. The number of nitrogens with zero attached hydrogens (tertiary/aromatic N) is 1. The predicted molar refractivity (Wildman–Crippen MR) is 130 cm³/mol. The van der Waals surface area contributed by atoms with Crippen molar-refractivity contribution in [3.05, 3.63) is 95.2 Å². The van der Waals surface area contributed by atoms with Crippen LogP contribution in [-0.4, -0.2) is 29.3 Å². The minimum Gasteiger partial charge on any atom is -0.325 e. The molecule has 0 aromatic heterocycles. The van der Waals surface area contributed by atoms with E-state index in [-0.39, 0.29) is 12.2 Å². The molecule has 0 aliphatic carbocycles. The minimum atomic E-state index is -0.614. The first-order valence-electron chi connectivity index (χ1n) is 10.4. The van der Waals surface area contributed by atoms with Gasteiger partial charge in [-0.05, 0) is 61.9 Å². The van der Waals surface area contributed by atoms with Crippen molar-refractivity contribution in [2.75, 3.05) is 11.9 Å². The zero-order valence-corrected chi connectivity index (χ0v) is 19.1. The largest absolute Gasteiger partial charge is 0.329 e. The van der Waals surface area contributed by atoms with Crippen molar-refractivity contribution >= 4 is 41.4 Å². The lowest BCUT2D eigenvalue weighted by molar-refractivity contribution is -0.127. The van der Waals surface area contributed by atoms with Crippen molar-refractivity contribution in [2.45, 2.75) is 23.6 Å². The fourth-order valence-corrected chi connectivity index (χ4v) is 4.05. The Bertz CT molecular complexity index is 1220. The van der Waals surface area contributed by atoms with Gasteiger partial charge in [0.2, 0.25) is 5.91 Å². The number of aryl methyl sites for hydroxylation is 2. The molecule has 33 heavy (non-hydrogen) atoms. The highest BCUT2D eigenvalue weighted by Gasteiger charge is 2.34. The van der Waals surface area contributed by atoms with Crippen LogP contribution in [0.3, 0.4) is 0 Å². The predicted octanol–water partition coefficient (Wildman–Crippen LogP) is 4.99. The van der Waals surface area contributed by atoms with E-state index in [9.17, 15) is 14.4 Å². The second kappa shape index (κ2) is 9.75. The first-order valence-corrected chi connectivity index (χ1v) is 11.2. The molecule has 6 nitrogen and oxygen atoms in total. The number of anilines is 1. The van der Waals surface area contributed by atoms with E-state index in [2.05, 4.69) is 41.8 Å². The molecule has 166 valence electrons. The molecule has 2 N–H and O–H groups in total. The van der Waals surface area contributed by atoms with Gasteiger partial charge in [-0.2, -0.15) is 0 Å². The van der Waals surface area contributed by atoms with Gasteiger partial charge in [-0.3, -0.25) is 9.59 Å². The number of rotatable bonds is 6. The number of carbonyl (C=O) groups excluding carboxylic acids is 3. The van der Waals surface area contributed by atoms with Crippen LogP contribution < -0.4 is 10.6 Å². The zero-order valence-electron chi connectivity index (χ0n) is 18.3. The van der Waals surface area contributed by atoms with Crippen LogP contribution in [0.25, 0.3) is 6.08 Å². The van der Waals surface area contributed by atoms with Crippen LogP contribution in [0.5, 0.6) is 0 Å². The van der Waals surface area contributed by atoms with Gasteiger partial charge in [0, 0.05) is 15.5 Å². The van der Waals surface area contributed by atoms with Gasteiger partial charge in [-0.15, -0.1) is 0 Å². The summed E-state index contributed by atoms with van der Waals surface area (Å²) >= 11 is 1.65. The fourth-order valence-electron chi connectivity index (χ4n) is 3.24. The third-order valence-corrected chi connectivity index (χ3v) is 6.06. The van der Waals surface area contributed by atoms with Crippen LogP contribution in [-0.2, 0) is 9.59 Å². The lowest BCUT2D eigenvalue weighted by atomic mass is 10.2. The van der Waals surface area contributed by atoms with Crippen LogP contribution in [0.15, 0.2) is 88.3 Å². The molecule has 0 spiro atoms. The number of imide groups is 1. The molecule has 4 rings (SSSR count). The number of nitrogens with one attached hydrogen (secondary N) is 2. The topological polar surface area (TPSA) is 78.5 Å². The Hall–Kier alpha value is -3.84. The van der Waals surface area contributed by atoms with Crippen LogP contribution in [0, 0.1) is 13.8 Å². The highest BCUT2D eigenvalue weighted by Crippen LogP contribution is 2.28. The third kappa shape index (κ3) is 5.70. The van der Waals surface area contributed by atoms with E-state index in [1.54, 1.807) is 30.0 Å². The highest BCUT2D eigenvalue weighted by atomic mass is 32.2. The Morgan fingerprint density at radius 1 is 0.879 bits per heavy atom. The van der Waals surface area contributed by atoms with E-state index < -0.39 is 17.8 Å². The lowest BCUT2D eigenvalue weighted by Crippen LogP contribution is -2.38. The minimum absolute atomic E-state index is 0.141. The maximum absolute atomic E-state index is 12.7. The number of amides is 4. The molecule has 0 saturated carbocycles. The smallest absolute Gasteiger partial charge is 0.325 e.